The van der Waals surface area contributed by atoms with Crippen LogP contribution in [0.25, 0.3) is 0 Å². The normalized spacial score (nSPS) is 20.1. The molecule has 18 nitrogen and oxygen atoms in total. The third kappa shape index (κ3) is 30.6. The van der Waals surface area contributed by atoms with Gasteiger partial charge in [0, 0.05) is 19.9 Å². The van der Waals surface area contributed by atoms with Crippen molar-refractivity contribution in [1.29, 1.82) is 0 Å². The molecule has 8 N–H and O–H groups in total. The fourth-order valence-electron chi connectivity index (χ4n) is 8.84. The zero-order chi connectivity index (χ0) is 51.9. The minimum atomic E-state index is -3.33. The first-order valence-corrected chi connectivity index (χ1v) is 28.5. The highest BCUT2D eigenvalue weighted by Crippen LogP contribution is 2.30. The Bertz CT molecular complexity index is 1370. The third-order valence-corrected chi connectivity index (χ3v) is 14.0. The SMILES string of the molecule is CCCCCCCCCCCCCCCCOOC[C@H]1O[C@H](O)[C@H](N)[C@@H](OC(C)CN(C(=O)[C@H](C)NC(C)=O)[C@H](CC(C(=O)O)[P+](=O)O)C(N)=O)[C@@H]1OOCCCCCCCCCCCCCCCC. The summed E-state index contributed by atoms with van der Waals surface area (Å²) in [6, 6.07) is -4.13. The maximum absolute atomic E-state index is 13.8. The zero-order valence-corrected chi connectivity index (χ0v) is 44.8. The van der Waals surface area contributed by atoms with E-state index in [-0.39, 0.29) is 13.2 Å². The van der Waals surface area contributed by atoms with E-state index in [1.54, 1.807) is 0 Å². The molecule has 1 rings (SSSR count). The lowest BCUT2D eigenvalue weighted by molar-refractivity contribution is -0.400. The van der Waals surface area contributed by atoms with Crippen molar-refractivity contribution in [2.75, 3.05) is 26.4 Å². The Hall–Kier alpha value is -2.38. The monoisotopic (exact) mass is 1020 g/mol. The Balaban J connectivity index is 2.95. The van der Waals surface area contributed by atoms with Gasteiger partial charge in [-0.3, -0.25) is 14.4 Å². The molecule has 1 heterocycles. The van der Waals surface area contributed by atoms with Crippen LogP contribution in [-0.4, -0.2) is 125 Å². The van der Waals surface area contributed by atoms with Gasteiger partial charge in [-0.1, -0.05) is 181 Å². The van der Waals surface area contributed by atoms with Crippen molar-refractivity contribution in [2.45, 2.75) is 275 Å². The van der Waals surface area contributed by atoms with Crippen LogP contribution in [0.15, 0.2) is 0 Å². The second-order valence-corrected chi connectivity index (χ2v) is 20.7. The number of aliphatic carboxylic acids is 1. The van der Waals surface area contributed by atoms with Crippen molar-refractivity contribution in [3.63, 3.8) is 0 Å². The Morgan fingerprint density at radius 3 is 1.51 bits per heavy atom. The molecule has 3 amide bonds. The van der Waals surface area contributed by atoms with Crippen LogP contribution in [0.1, 0.15) is 221 Å². The molecule has 0 aromatic heterocycles. The number of hydrogen-bond acceptors (Lipinski definition) is 13. The fourth-order valence-corrected chi connectivity index (χ4v) is 9.41. The van der Waals surface area contributed by atoms with Gasteiger partial charge in [0.1, 0.15) is 37.0 Å². The van der Waals surface area contributed by atoms with Crippen molar-refractivity contribution in [3.05, 3.63) is 0 Å². The van der Waals surface area contributed by atoms with Crippen LogP contribution in [0, 0.1) is 0 Å². The first kappa shape index (κ1) is 65.6. The Labute approximate surface area is 421 Å². The van der Waals surface area contributed by atoms with Crippen LogP contribution in [0.5, 0.6) is 0 Å². The van der Waals surface area contributed by atoms with Crippen LogP contribution in [0.3, 0.4) is 0 Å². The van der Waals surface area contributed by atoms with Crippen LogP contribution < -0.4 is 16.8 Å². The molecule has 19 heteroatoms. The van der Waals surface area contributed by atoms with Gasteiger partial charge in [0.2, 0.25) is 17.7 Å². The molecule has 1 saturated heterocycles. The van der Waals surface area contributed by atoms with E-state index in [1.165, 1.54) is 156 Å². The van der Waals surface area contributed by atoms with Crippen LogP contribution in [0.4, 0.5) is 0 Å². The number of hydrogen-bond donors (Lipinski definition) is 6. The lowest BCUT2D eigenvalue weighted by Crippen LogP contribution is -2.64. The number of primary amides is 1. The number of rotatable bonds is 47. The molecule has 70 heavy (non-hydrogen) atoms. The number of amides is 3. The van der Waals surface area contributed by atoms with E-state index in [2.05, 4.69) is 19.2 Å². The van der Waals surface area contributed by atoms with Gasteiger partial charge in [-0.25, -0.2) is 24.3 Å². The van der Waals surface area contributed by atoms with Crippen LogP contribution >= 0.6 is 8.03 Å². The second-order valence-electron chi connectivity index (χ2n) is 19.5. The van der Waals surface area contributed by atoms with Gasteiger partial charge in [-0.05, 0) is 31.3 Å². The van der Waals surface area contributed by atoms with E-state index < -0.39 is 99.2 Å². The van der Waals surface area contributed by atoms with Gasteiger partial charge < -0.3 is 41.4 Å². The van der Waals surface area contributed by atoms with Crippen molar-refractivity contribution in [2.24, 2.45) is 11.5 Å². The lowest BCUT2D eigenvalue weighted by atomic mass is 9.97. The second kappa shape index (κ2) is 42.0. The number of unbranched alkanes of at least 4 members (excludes halogenated alkanes) is 26. The molecule has 1 aliphatic heterocycles. The zero-order valence-electron chi connectivity index (χ0n) is 43.9. The van der Waals surface area contributed by atoms with E-state index in [4.69, 9.17) is 40.5 Å². The Morgan fingerprint density at radius 2 is 1.11 bits per heavy atom. The molecule has 1 aliphatic rings. The minimum absolute atomic E-state index is 0.192. The molecule has 410 valence electrons. The number of carboxylic acid groups (broad SMARTS) is 1. The average molecular weight is 1020 g/mol. The van der Waals surface area contributed by atoms with Gasteiger partial charge in [-0.15, -0.1) is 0 Å². The molecular formula is C51H98N4O14P+. The van der Waals surface area contributed by atoms with E-state index in [9.17, 15) is 38.8 Å². The summed E-state index contributed by atoms with van der Waals surface area (Å²) in [6.07, 6.45) is 27.4. The first-order chi connectivity index (χ1) is 33.7. The molecule has 1 fully saturated rings. The number of carboxylic acids is 1. The molecular weight excluding hydrogens is 924 g/mol. The predicted molar refractivity (Wildman–Crippen MR) is 270 cm³/mol. The summed E-state index contributed by atoms with van der Waals surface area (Å²) in [5.41, 5.74) is 10.2. The van der Waals surface area contributed by atoms with Crippen molar-refractivity contribution in [1.82, 2.24) is 10.2 Å². The topological polar surface area (TPSA) is 269 Å². The number of carbonyl (C=O) groups is 4. The predicted octanol–water partition coefficient (Wildman–Crippen LogP) is 8.82. The van der Waals surface area contributed by atoms with Gasteiger partial charge in [0.05, 0.1) is 25.4 Å². The molecule has 0 radical (unpaired) electrons. The summed E-state index contributed by atoms with van der Waals surface area (Å²) in [4.78, 5) is 83.9. The molecule has 0 aromatic carbocycles. The number of ether oxygens (including phenoxy) is 2. The quantitative estimate of drug-likeness (QED) is 0.0144. The summed E-state index contributed by atoms with van der Waals surface area (Å²) >= 11 is 0. The molecule has 0 spiro atoms. The summed E-state index contributed by atoms with van der Waals surface area (Å²) in [5, 5.41) is 23.1. The molecule has 3 unspecified atom stereocenters. The van der Waals surface area contributed by atoms with E-state index in [0.717, 1.165) is 49.8 Å². The number of aliphatic hydroxyl groups excluding tert-OH is 1. The molecule has 0 aliphatic carbocycles. The maximum Gasteiger partial charge on any atom is 0.520 e. The van der Waals surface area contributed by atoms with Crippen LogP contribution in [-0.2, 0) is 52.8 Å². The average Bonchev–Trinajstić information content (AvgIpc) is 3.30. The standard InChI is InChI=1S/C51H97N4O14P/c1-6-8-10-12-14-16-18-20-22-24-26-28-30-32-34-64-66-38-43-46(69-65-35-33-31-29-27-25-23-21-19-17-15-13-11-9-7-2)47(45(52)51(61)68-43)67-39(3)37-55(49(58)40(4)54-41(5)56)42(48(53)57)36-44(50(59)60)70(62)63/h39-40,42-47,51,61H,6-38,52H2,1-5H3,(H4-,53,54,56,57,59,60,62,63)/p+1/t39?,40-,42+,43+,44?,45+,46+,47+,51-/m0/s1. The summed E-state index contributed by atoms with van der Waals surface area (Å²) < 4.78 is 24.2. The molecule has 10 atom stereocenters. The Morgan fingerprint density at radius 1 is 0.686 bits per heavy atom. The lowest BCUT2D eigenvalue weighted by Gasteiger charge is -2.43. The molecule has 0 aromatic rings. The van der Waals surface area contributed by atoms with E-state index >= 15 is 0 Å². The number of nitrogens with one attached hydrogen (secondary N) is 1. The van der Waals surface area contributed by atoms with Gasteiger partial charge in [0.15, 0.2) is 6.29 Å². The smallest absolute Gasteiger partial charge is 0.478 e. The highest BCUT2D eigenvalue weighted by molar-refractivity contribution is 7.40. The maximum atomic E-state index is 13.8. The van der Waals surface area contributed by atoms with Crippen molar-refractivity contribution >= 4 is 31.7 Å². The highest BCUT2D eigenvalue weighted by Gasteiger charge is 2.48. The van der Waals surface area contributed by atoms with Gasteiger partial charge >= 0.3 is 14.0 Å². The summed E-state index contributed by atoms with van der Waals surface area (Å²) in [6.45, 7) is 8.54. The number of aliphatic hydroxyl groups is 1. The van der Waals surface area contributed by atoms with Crippen molar-refractivity contribution in [3.8, 4) is 0 Å². The molecule has 0 saturated carbocycles. The van der Waals surface area contributed by atoms with E-state index in [0.29, 0.717) is 6.61 Å². The fraction of sp³-hybridized carbons (Fsp3) is 0.922. The number of carbonyl (C=O) groups excluding carboxylic acids is 3. The first-order valence-electron chi connectivity index (χ1n) is 27.2. The van der Waals surface area contributed by atoms with Crippen LogP contribution in [0.2, 0.25) is 0 Å². The number of nitrogens with two attached hydrogens (primary N) is 2. The molecule has 0 bridgehead atoms. The minimum Gasteiger partial charge on any atom is -0.478 e. The van der Waals surface area contributed by atoms with E-state index in [1.807, 2.05) is 0 Å². The Kier molecular flexibility index (Phi) is 39.4. The van der Waals surface area contributed by atoms with Crippen molar-refractivity contribution < 1.29 is 67.9 Å². The number of nitrogens with zero attached hydrogens (tertiary/aromatic N) is 1. The largest absolute Gasteiger partial charge is 0.520 e. The third-order valence-electron chi connectivity index (χ3n) is 13.0. The highest BCUT2D eigenvalue weighted by atomic mass is 31.1. The summed E-state index contributed by atoms with van der Waals surface area (Å²) in [5.74, 6) is -4.22. The summed E-state index contributed by atoms with van der Waals surface area (Å²) in [7, 11) is -3.33. The van der Waals surface area contributed by atoms with Gasteiger partial charge in [-0.2, -0.15) is 4.89 Å². The van der Waals surface area contributed by atoms with Gasteiger partial charge in [0.25, 0.3) is 5.66 Å².